The SMILES string of the molecule is CCCNC(=O)[C@H](Cc1ccccc1)N(Cc1ccc(C)cc1)C(=O)CN(c1cccc(Cl)c1Cl)S(=O)(=O)c1ccc(C)cc1. The molecule has 0 aliphatic rings. The van der Waals surface area contributed by atoms with Gasteiger partial charge in [-0.15, -0.1) is 0 Å². The first-order valence-corrected chi connectivity index (χ1v) is 16.9. The second-order valence-electron chi connectivity index (χ2n) is 10.9. The zero-order chi connectivity index (χ0) is 32.6. The van der Waals surface area contributed by atoms with Crippen molar-refractivity contribution in [2.45, 2.75) is 51.1 Å². The Morgan fingerprint density at radius 2 is 1.42 bits per heavy atom. The zero-order valence-electron chi connectivity index (χ0n) is 25.5. The molecule has 7 nitrogen and oxygen atoms in total. The maximum Gasteiger partial charge on any atom is 0.264 e. The molecule has 45 heavy (non-hydrogen) atoms. The third-order valence-corrected chi connectivity index (χ3v) is 9.96. The molecule has 2 amide bonds. The molecule has 4 aromatic rings. The summed E-state index contributed by atoms with van der Waals surface area (Å²) in [6.07, 6.45) is 0.947. The average molecular weight is 667 g/mol. The molecule has 0 bridgehead atoms. The fourth-order valence-corrected chi connectivity index (χ4v) is 6.72. The molecular weight excluding hydrogens is 629 g/mol. The Kier molecular flexibility index (Phi) is 11.7. The fraction of sp³-hybridized carbons (Fsp3) is 0.257. The van der Waals surface area contributed by atoms with Crippen LogP contribution in [0.5, 0.6) is 0 Å². The van der Waals surface area contributed by atoms with E-state index in [0.717, 1.165) is 26.6 Å². The molecule has 0 radical (unpaired) electrons. The van der Waals surface area contributed by atoms with E-state index in [-0.39, 0.29) is 39.5 Å². The van der Waals surface area contributed by atoms with E-state index in [1.54, 1.807) is 24.3 Å². The van der Waals surface area contributed by atoms with E-state index in [4.69, 9.17) is 23.2 Å². The number of anilines is 1. The van der Waals surface area contributed by atoms with Crippen molar-refractivity contribution in [2.75, 3.05) is 17.4 Å². The molecule has 236 valence electrons. The van der Waals surface area contributed by atoms with Gasteiger partial charge in [-0.3, -0.25) is 13.9 Å². The molecule has 0 heterocycles. The first kappa shape index (κ1) is 34.0. The summed E-state index contributed by atoms with van der Waals surface area (Å²) >= 11 is 12.9. The van der Waals surface area contributed by atoms with Gasteiger partial charge < -0.3 is 10.2 Å². The van der Waals surface area contributed by atoms with E-state index >= 15 is 0 Å². The van der Waals surface area contributed by atoms with Crippen LogP contribution in [-0.2, 0) is 32.6 Å². The number of benzene rings is 4. The van der Waals surface area contributed by atoms with Gasteiger partial charge in [-0.25, -0.2) is 8.42 Å². The number of carbonyl (C=O) groups is 2. The fourth-order valence-electron chi connectivity index (χ4n) is 4.85. The van der Waals surface area contributed by atoms with Crippen LogP contribution in [0.15, 0.2) is 102 Å². The van der Waals surface area contributed by atoms with Gasteiger partial charge in [0.2, 0.25) is 11.8 Å². The largest absolute Gasteiger partial charge is 0.354 e. The molecule has 0 saturated heterocycles. The summed E-state index contributed by atoms with van der Waals surface area (Å²) in [5, 5.41) is 3.08. The third-order valence-electron chi connectivity index (χ3n) is 7.38. The van der Waals surface area contributed by atoms with Crippen molar-refractivity contribution in [3.05, 3.63) is 129 Å². The highest BCUT2D eigenvalue weighted by Gasteiger charge is 2.35. The van der Waals surface area contributed by atoms with E-state index in [2.05, 4.69) is 5.32 Å². The topological polar surface area (TPSA) is 86.8 Å². The summed E-state index contributed by atoms with van der Waals surface area (Å²) in [5.41, 5.74) is 3.64. The molecule has 0 saturated carbocycles. The predicted octanol–water partition coefficient (Wildman–Crippen LogP) is 6.97. The van der Waals surface area contributed by atoms with E-state index < -0.39 is 28.5 Å². The van der Waals surface area contributed by atoms with Gasteiger partial charge in [0.05, 0.1) is 20.6 Å². The molecular formula is C35H37Cl2N3O4S. The zero-order valence-corrected chi connectivity index (χ0v) is 27.9. The van der Waals surface area contributed by atoms with Crippen LogP contribution in [0.4, 0.5) is 5.69 Å². The molecule has 1 atom stereocenters. The van der Waals surface area contributed by atoms with Crippen molar-refractivity contribution in [3.63, 3.8) is 0 Å². The minimum absolute atomic E-state index is 0.00531. The van der Waals surface area contributed by atoms with E-state index in [1.807, 2.05) is 75.4 Å². The lowest BCUT2D eigenvalue weighted by Gasteiger charge is -2.34. The molecule has 0 aromatic heterocycles. The molecule has 4 rings (SSSR count). The highest BCUT2D eigenvalue weighted by Crippen LogP contribution is 2.35. The van der Waals surface area contributed by atoms with Crippen LogP contribution in [0.2, 0.25) is 10.0 Å². The average Bonchev–Trinajstić information content (AvgIpc) is 3.03. The Hall–Kier alpha value is -3.85. The quantitative estimate of drug-likeness (QED) is 0.167. The van der Waals surface area contributed by atoms with Gasteiger partial charge in [0, 0.05) is 19.5 Å². The number of hydrogen-bond acceptors (Lipinski definition) is 4. The van der Waals surface area contributed by atoms with Gasteiger partial charge in [0.1, 0.15) is 12.6 Å². The van der Waals surface area contributed by atoms with E-state index in [9.17, 15) is 18.0 Å². The Balaban J connectivity index is 1.82. The van der Waals surface area contributed by atoms with Crippen LogP contribution in [0.25, 0.3) is 0 Å². The summed E-state index contributed by atoms with van der Waals surface area (Å²) in [6.45, 7) is 5.66. The van der Waals surface area contributed by atoms with Gasteiger partial charge in [-0.1, -0.05) is 114 Å². The number of sulfonamides is 1. The van der Waals surface area contributed by atoms with Crippen molar-refractivity contribution in [3.8, 4) is 0 Å². The Morgan fingerprint density at radius 3 is 2.04 bits per heavy atom. The Bertz CT molecular complexity index is 1710. The van der Waals surface area contributed by atoms with Crippen LogP contribution in [0.3, 0.4) is 0 Å². The first-order valence-electron chi connectivity index (χ1n) is 14.7. The standard InChI is InChI=1S/C35H37Cl2N3O4S/c1-4-21-38-35(42)32(22-27-9-6-5-7-10-27)39(23-28-17-13-25(2)14-18-28)33(41)24-40(31-12-8-11-30(36)34(31)37)45(43,44)29-19-15-26(3)16-20-29/h5-20,32H,4,21-24H2,1-3H3,(H,38,42)/t32-/m0/s1. The Labute approximate surface area is 275 Å². The molecule has 0 unspecified atom stereocenters. The van der Waals surface area contributed by atoms with Gasteiger partial charge >= 0.3 is 0 Å². The van der Waals surface area contributed by atoms with Gasteiger partial charge in [0.15, 0.2) is 0 Å². The van der Waals surface area contributed by atoms with Crippen molar-refractivity contribution in [1.82, 2.24) is 10.2 Å². The maximum atomic E-state index is 14.5. The molecule has 1 N–H and O–H groups in total. The summed E-state index contributed by atoms with van der Waals surface area (Å²) in [5.74, 6) is -0.898. The summed E-state index contributed by atoms with van der Waals surface area (Å²) in [6, 6.07) is 27.1. The highest BCUT2D eigenvalue weighted by molar-refractivity contribution is 7.92. The van der Waals surface area contributed by atoms with Crippen LogP contribution < -0.4 is 9.62 Å². The number of nitrogens with one attached hydrogen (secondary N) is 1. The number of amides is 2. The monoisotopic (exact) mass is 665 g/mol. The Morgan fingerprint density at radius 1 is 0.800 bits per heavy atom. The van der Waals surface area contributed by atoms with Crippen LogP contribution >= 0.6 is 23.2 Å². The summed E-state index contributed by atoms with van der Waals surface area (Å²) in [7, 11) is -4.29. The maximum absolute atomic E-state index is 14.5. The lowest BCUT2D eigenvalue weighted by atomic mass is 10.0. The number of rotatable bonds is 13. The molecule has 10 heteroatoms. The van der Waals surface area contributed by atoms with Crippen LogP contribution in [0, 0.1) is 13.8 Å². The lowest BCUT2D eigenvalue weighted by molar-refractivity contribution is -0.140. The van der Waals surface area contributed by atoms with Crippen molar-refractivity contribution >= 4 is 50.7 Å². The summed E-state index contributed by atoms with van der Waals surface area (Å²) in [4.78, 5) is 29.7. The van der Waals surface area contributed by atoms with Crippen LogP contribution in [0.1, 0.15) is 35.6 Å². The highest BCUT2D eigenvalue weighted by atomic mass is 35.5. The van der Waals surface area contributed by atoms with E-state index in [0.29, 0.717) is 13.0 Å². The predicted molar refractivity (Wildman–Crippen MR) is 181 cm³/mol. The van der Waals surface area contributed by atoms with Crippen molar-refractivity contribution in [1.29, 1.82) is 0 Å². The minimum Gasteiger partial charge on any atom is -0.354 e. The second kappa shape index (κ2) is 15.4. The molecule has 0 aliphatic carbocycles. The second-order valence-corrected chi connectivity index (χ2v) is 13.5. The molecule has 0 aliphatic heterocycles. The lowest BCUT2D eigenvalue weighted by Crippen LogP contribution is -2.53. The van der Waals surface area contributed by atoms with Crippen LogP contribution in [-0.4, -0.2) is 44.3 Å². The normalized spacial score (nSPS) is 11.9. The third kappa shape index (κ3) is 8.66. The van der Waals surface area contributed by atoms with Crippen molar-refractivity contribution in [2.24, 2.45) is 0 Å². The number of nitrogens with zero attached hydrogens (tertiary/aromatic N) is 2. The van der Waals surface area contributed by atoms with Gasteiger partial charge in [-0.2, -0.15) is 0 Å². The number of hydrogen-bond donors (Lipinski definition) is 1. The number of carbonyl (C=O) groups excluding carboxylic acids is 2. The van der Waals surface area contributed by atoms with Crippen molar-refractivity contribution < 1.29 is 18.0 Å². The number of aryl methyl sites for hydroxylation is 2. The molecule has 0 spiro atoms. The van der Waals surface area contributed by atoms with Gasteiger partial charge in [0.25, 0.3) is 10.0 Å². The number of halogens is 2. The summed E-state index contributed by atoms with van der Waals surface area (Å²) < 4.78 is 29.3. The molecule has 4 aromatic carbocycles. The minimum atomic E-state index is -4.29. The molecule has 0 fully saturated rings. The van der Waals surface area contributed by atoms with E-state index in [1.165, 1.54) is 23.1 Å². The van der Waals surface area contributed by atoms with Gasteiger partial charge in [-0.05, 0) is 55.7 Å². The first-order chi connectivity index (χ1) is 21.5. The smallest absolute Gasteiger partial charge is 0.264 e.